The number of pyridine rings is 1. The largest absolute Gasteiger partial charge is 0.480 e. The number of carbonyl (C=O) groups is 1. The van der Waals surface area contributed by atoms with Gasteiger partial charge in [-0.05, 0) is 26.0 Å². The van der Waals surface area contributed by atoms with Gasteiger partial charge < -0.3 is 9.67 Å². The molecule has 0 aliphatic carbocycles. The molecule has 100 valence electrons. The fourth-order valence-corrected chi connectivity index (χ4v) is 2.43. The van der Waals surface area contributed by atoms with Crippen molar-refractivity contribution in [3.8, 4) is 11.4 Å². The molecule has 1 N–H and O–H groups in total. The van der Waals surface area contributed by atoms with Crippen LogP contribution in [0.1, 0.15) is 13.8 Å². The summed E-state index contributed by atoms with van der Waals surface area (Å²) in [5.74, 6) is -0.158. The predicted octanol–water partition coefficient (Wildman–Crippen LogP) is 1.93. The maximum absolute atomic E-state index is 10.9. The van der Waals surface area contributed by atoms with Crippen LogP contribution < -0.4 is 0 Å². The normalized spacial score (nSPS) is 12.3. The molecular formula is C12H14N4O2S. The zero-order valence-corrected chi connectivity index (χ0v) is 11.5. The molecule has 0 radical (unpaired) electrons. The van der Waals surface area contributed by atoms with Crippen LogP contribution >= 0.6 is 11.8 Å². The molecule has 0 aliphatic heterocycles. The van der Waals surface area contributed by atoms with Crippen molar-refractivity contribution in [3.63, 3.8) is 0 Å². The van der Waals surface area contributed by atoms with E-state index < -0.39 is 11.2 Å². The van der Waals surface area contributed by atoms with Crippen LogP contribution in [0.3, 0.4) is 0 Å². The molecule has 0 saturated heterocycles. The van der Waals surface area contributed by atoms with Crippen LogP contribution in [0.5, 0.6) is 0 Å². The first kappa shape index (κ1) is 13.5. The van der Waals surface area contributed by atoms with Crippen LogP contribution in [0, 0.1) is 0 Å². The Balaban J connectivity index is 2.33. The zero-order valence-electron chi connectivity index (χ0n) is 10.6. The van der Waals surface area contributed by atoms with E-state index in [1.165, 1.54) is 11.8 Å². The Labute approximate surface area is 114 Å². The van der Waals surface area contributed by atoms with E-state index in [1.807, 2.05) is 23.6 Å². The molecule has 1 atom stereocenters. The number of carboxylic acid groups (broad SMARTS) is 1. The Morgan fingerprint density at radius 3 is 2.89 bits per heavy atom. The first-order valence-corrected chi connectivity index (χ1v) is 6.74. The predicted molar refractivity (Wildman–Crippen MR) is 71.9 cm³/mol. The summed E-state index contributed by atoms with van der Waals surface area (Å²) in [6.45, 7) is 4.27. The van der Waals surface area contributed by atoms with Gasteiger partial charge in [-0.15, -0.1) is 10.2 Å². The highest BCUT2D eigenvalue weighted by Crippen LogP contribution is 2.26. The van der Waals surface area contributed by atoms with E-state index in [4.69, 9.17) is 5.11 Å². The number of carboxylic acids is 1. The second-order valence-corrected chi connectivity index (χ2v) is 5.20. The van der Waals surface area contributed by atoms with Gasteiger partial charge in [0.1, 0.15) is 5.25 Å². The second-order valence-electron chi connectivity index (χ2n) is 3.89. The molecule has 0 aromatic carbocycles. The maximum Gasteiger partial charge on any atom is 0.316 e. The minimum absolute atomic E-state index is 0.559. The molecule has 19 heavy (non-hydrogen) atoms. The lowest BCUT2D eigenvalue weighted by Crippen LogP contribution is -2.13. The number of rotatable bonds is 5. The standard InChI is InChI=1S/C12H14N4O2S/c1-3-16-10(9-5-4-6-13-7-9)14-15-12(16)19-8(2)11(17)18/h4-8H,3H2,1-2H3,(H,17,18)/t8-/m0/s1. The van der Waals surface area contributed by atoms with Crippen molar-refractivity contribution in [3.05, 3.63) is 24.5 Å². The third-order valence-corrected chi connectivity index (χ3v) is 3.65. The number of thioether (sulfide) groups is 1. The lowest BCUT2D eigenvalue weighted by atomic mass is 10.3. The van der Waals surface area contributed by atoms with Crippen molar-refractivity contribution in [2.24, 2.45) is 0 Å². The molecule has 0 aliphatic rings. The van der Waals surface area contributed by atoms with Crippen molar-refractivity contribution in [2.45, 2.75) is 30.8 Å². The monoisotopic (exact) mass is 278 g/mol. The summed E-state index contributed by atoms with van der Waals surface area (Å²) in [5.41, 5.74) is 0.867. The molecule has 7 heteroatoms. The maximum atomic E-state index is 10.9. The summed E-state index contributed by atoms with van der Waals surface area (Å²) >= 11 is 1.19. The molecule has 2 heterocycles. The summed E-state index contributed by atoms with van der Waals surface area (Å²) in [7, 11) is 0. The number of nitrogens with zero attached hydrogens (tertiary/aromatic N) is 4. The van der Waals surface area contributed by atoms with E-state index in [2.05, 4.69) is 15.2 Å². The van der Waals surface area contributed by atoms with Gasteiger partial charge in [0.05, 0.1) is 0 Å². The smallest absolute Gasteiger partial charge is 0.316 e. The first-order valence-electron chi connectivity index (χ1n) is 5.86. The van der Waals surface area contributed by atoms with Gasteiger partial charge in [-0.3, -0.25) is 9.78 Å². The van der Waals surface area contributed by atoms with Gasteiger partial charge in [0, 0.05) is 24.5 Å². The van der Waals surface area contributed by atoms with Crippen LogP contribution in [-0.4, -0.2) is 36.1 Å². The van der Waals surface area contributed by atoms with Gasteiger partial charge in [-0.1, -0.05) is 11.8 Å². The van der Waals surface area contributed by atoms with Crippen molar-refractivity contribution < 1.29 is 9.90 Å². The Kier molecular flexibility index (Phi) is 4.16. The molecule has 0 unspecified atom stereocenters. The average Bonchev–Trinajstić information content (AvgIpc) is 2.82. The fourth-order valence-electron chi connectivity index (χ4n) is 1.58. The highest BCUT2D eigenvalue weighted by Gasteiger charge is 2.19. The Bertz CT molecular complexity index is 570. The molecule has 0 spiro atoms. The molecule has 2 rings (SSSR count). The lowest BCUT2D eigenvalue weighted by molar-refractivity contribution is -0.136. The quantitative estimate of drug-likeness (QED) is 0.842. The van der Waals surface area contributed by atoms with Crippen LogP contribution in [0.4, 0.5) is 0 Å². The van der Waals surface area contributed by atoms with Gasteiger partial charge in [-0.2, -0.15) is 0 Å². The second kappa shape index (κ2) is 5.83. The highest BCUT2D eigenvalue weighted by atomic mass is 32.2. The fraction of sp³-hybridized carbons (Fsp3) is 0.333. The van der Waals surface area contributed by atoms with Crippen molar-refractivity contribution in [2.75, 3.05) is 0 Å². The van der Waals surface area contributed by atoms with E-state index in [-0.39, 0.29) is 0 Å². The summed E-state index contributed by atoms with van der Waals surface area (Å²) in [6, 6.07) is 3.73. The highest BCUT2D eigenvalue weighted by molar-refractivity contribution is 8.00. The molecule has 0 bridgehead atoms. The minimum atomic E-state index is -0.862. The summed E-state index contributed by atoms with van der Waals surface area (Å²) in [6.07, 6.45) is 3.41. The van der Waals surface area contributed by atoms with Gasteiger partial charge in [0.25, 0.3) is 0 Å². The Hall–Kier alpha value is -1.89. The Morgan fingerprint density at radius 2 is 2.32 bits per heavy atom. The molecular weight excluding hydrogens is 264 g/mol. The minimum Gasteiger partial charge on any atom is -0.480 e. The van der Waals surface area contributed by atoms with Crippen molar-refractivity contribution in [1.82, 2.24) is 19.7 Å². The SMILES string of the molecule is CCn1c(S[C@@H](C)C(=O)O)nnc1-c1cccnc1. The molecule has 2 aromatic rings. The van der Waals surface area contributed by atoms with Gasteiger partial charge in [-0.25, -0.2) is 0 Å². The van der Waals surface area contributed by atoms with Crippen molar-refractivity contribution in [1.29, 1.82) is 0 Å². The lowest BCUT2D eigenvalue weighted by Gasteiger charge is -2.08. The van der Waals surface area contributed by atoms with E-state index in [9.17, 15) is 4.79 Å². The average molecular weight is 278 g/mol. The molecule has 0 amide bonds. The van der Waals surface area contributed by atoms with E-state index in [1.54, 1.807) is 19.3 Å². The van der Waals surface area contributed by atoms with E-state index >= 15 is 0 Å². The number of hydrogen-bond acceptors (Lipinski definition) is 5. The number of hydrogen-bond donors (Lipinski definition) is 1. The van der Waals surface area contributed by atoms with E-state index in [0.717, 1.165) is 5.56 Å². The van der Waals surface area contributed by atoms with Crippen LogP contribution in [0.25, 0.3) is 11.4 Å². The number of aliphatic carboxylic acids is 1. The van der Waals surface area contributed by atoms with Gasteiger partial charge >= 0.3 is 5.97 Å². The van der Waals surface area contributed by atoms with Crippen molar-refractivity contribution >= 4 is 17.7 Å². The summed E-state index contributed by atoms with van der Waals surface area (Å²) in [5, 5.41) is 17.2. The third-order valence-electron chi connectivity index (χ3n) is 2.58. The summed E-state index contributed by atoms with van der Waals surface area (Å²) in [4.78, 5) is 14.9. The van der Waals surface area contributed by atoms with Gasteiger partial charge in [0.2, 0.25) is 0 Å². The molecule has 2 aromatic heterocycles. The van der Waals surface area contributed by atoms with Crippen LogP contribution in [0.15, 0.2) is 29.7 Å². The Morgan fingerprint density at radius 1 is 1.53 bits per heavy atom. The molecule has 6 nitrogen and oxygen atoms in total. The third kappa shape index (κ3) is 2.93. The van der Waals surface area contributed by atoms with Crippen LogP contribution in [-0.2, 0) is 11.3 Å². The number of aromatic nitrogens is 4. The topological polar surface area (TPSA) is 80.9 Å². The summed E-state index contributed by atoms with van der Waals surface area (Å²) < 4.78 is 1.89. The van der Waals surface area contributed by atoms with Crippen LogP contribution in [0.2, 0.25) is 0 Å². The first-order chi connectivity index (χ1) is 9.13. The van der Waals surface area contributed by atoms with Gasteiger partial charge in [0.15, 0.2) is 11.0 Å². The molecule has 0 fully saturated rings. The van der Waals surface area contributed by atoms with E-state index in [0.29, 0.717) is 17.5 Å². The zero-order chi connectivity index (χ0) is 13.8. The molecule has 0 saturated carbocycles.